The van der Waals surface area contributed by atoms with Crippen LogP contribution in [0.3, 0.4) is 0 Å². The minimum Gasteiger partial charge on any atom is -0.372 e. The van der Waals surface area contributed by atoms with Crippen molar-refractivity contribution in [1.29, 1.82) is 0 Å². The Morgan fingerprint density at radius 3 is 2.62 bits per heavy atom. The van der Waals surface area contributed by atoms with Crippen molar-refractivity contribution in [2.45, 2.75) is 71.5 Å². The minimum absolute atomic E-state index is 0.0655. The summed E-state index contributed by atoms with van der Waals surface area (Å²) in [5.41, 5.74) is 0.186. The van der Waals surface area contributed by atoms with Crippen molar-refractivity contribution < 1.29 is 9.53 Å². The van der Waals surface area contributed by atoms with E-state index in [1.165, 1.54) is 6.42 Å². The van der Waals surface area contributed by atoms with E-state index in [0.29, 0.717) is 17.8 Å². The third kappa shape index (κ3) is 2.17. The molecular formula is C14H24O2. The van der Waals surface area contributed by atoms with E-state index in [2.05, 4.69) is 27.7 Å². The lowest BCUT2D eigenvalue weighted by Gasteiger charge is -2.42. The van der Waals surface area contributed by atoms with Gasteiger partial charge in [0.1, 0.15) is 5.78 Å². The number of carbonyl (C=O) groups is 1. The van der Waals surface area contributed by atoms with Gasteiger partial charge < -0.3 is 4.74 Å². The van der Waals surface area contributed by atoms with Crippen LogP contribution in [0.1, 0.15) is 59.8 Å². The molecule has 0 radical (unpaired) electrons. The molecule has 0 N–H and O–H groups in total. The van der Waals surface area contributed by atoms with Crippen LogP contribution in [0.5, 0.6) is 0 Å². The smallest absolute Gasteiger partial charge is 0.133 e. The molecule has 2 saturated carbocycles. The number of fused-ring (bicyclic) bond motifs is 1. The largest absolute Gasteiger partial charge is 0.372 e. The van der Waals surface area contributed by atoms with E-state index in [0.717, 1.165) is 25.7 Å². The Labute approximate surface area is 98.7 Å². The first-order valence-electron chi connectivity index (χ1n) is 6.51. The highest BCUT2D eigenvalue weighted by Crippen LogP contribution is 2.53. The molecule has 16 heavy (non-hydrogen) atoms. The summed E-state index contributed by atoms with van der Waals surface area (Å²) in [6, 6.07) is 0. The predicted octanol–water partition coefficient (Wildman–Crippen LogP) is 3.34. The Kier molecular flexibility index (Phi) is 2.90. The Hall–Kier alpha value is -0.370. The van der Waals surface area contributed by atoms with Gasteiger partial charge in [0.05, 0.1) is 11.7 Å². The van der Waals surface area contributed by atoms with Crippen molar-refractivity contribution in [2.75, 3.05) is 0 Å². The monoisotopic (exact) mass is 224 g/mol. The molecule has 0 aliphatic heterocycles. The van der Waals surface area contributed by atoms with Crippen molar-refractivity contribution in [1.82, 2.24) is 0 Å². The van der Waals surface area contributed by atoms with Crippen LogP contribution in [0.15, 0.2) is 0 Å². The summed E-state index contributed by atoms with van der Waals surface area (Å²) in [5, 5.41) is 0. The van der Waals surface area contributed by atoms with Gasteiger partial charge in [-0.2, -0.15) is 0 Å². The van der Waals surface area contributed by atoms with Gasteiger partial charge in [0, 0.05) is 12.8 Å². The molecule has 0 amide bonds. The number of ether oxygens (including phenoxy) is 1. The molecule has 92 valence electrons. The Balaban J connectivity index is 2.10. The zero-order valence-corrected chi connectivity index (χ0v) is 11.0. The lowest BCUT2D eigenvalue weighted by atomic mass is 9.68. The maximum absolute atomic E-state index is 11.5. The molecule has 0 aromatic heterocycles. The number of Topliss-reactive ketones (excluding diaryl/α,β-unsaturated/α-hetero) is 1. The molecular weight excluding hydrogens is 200 g/mol. The summed E-state index contributed by atoms with van der Waals surface area (Å²) in [4.78, 5) is 11.5. The van der Waals surface area contributed by atoms with Crippen molar-refractivity contribution in [3.63, 3.8) is 0 Å². The van der Waals surface area contributed by atoms with Gasteiger partial charge in [0.25, 0.3) is 0 Å². The second kappa shape index (κ2) is 3.83. The highest BCUT2D eigenvalue weighted by Gasteiger charge is 2.50. The molecule has 0 saturated heterocycles. The fourth-order valence-electron chi connectivity index (χ4n) is 3.38. The summed E-state index contributed by atoms with van der Waals surface area (Å²) >= 11 is 0. The molecule has 0 spiro atoms. The fraction of sp³-hybridized carbons (Fsp3) is 0.929. The van der Waals surface area contributed by atoms with Crippen LogP contribution in [-0.2, 0) is 9.53 Å². The average Bonchev–Trinajstić information content (AvgIpc) is 2.43. The molecule has 3 atom stereocenters. The van der Waals surface area contributed by atoms with Gasteiger partial charge in [-0.3, -0.25) is 4.79 Å². The van der Waals surface area contributed by atoms with E-state index in [1.54, 1.807) is 0 Å². The minimum atomic E-state index is -0.0655. The van der Waals surface area contributed by atoms with Crippen LogP contribution >= 0.6 is 0 Å². The number of ketones is 1. The molecule has 2 nitrogen and oxygen atoms in total. The fourth-order valence-corrected chi connectivity index (χ4v) is 3.38. The van der Waals surface area contributed by atoms with Crippen LogP contribution in [-0.4, -0.2) is 17.5 Å². The van der Waals surface area contributed by atoms with Crippen molar-refractivity contribution in [3.05, 3.63) is 0 Å². The van der Waals surface area contributed by atoms with Crippen LogP contribution in [0.4, 0.5) is 0 Å². The second-order valence-corrected chi connectivity index (χ2v) is 6.74. The lowest BCUT2D eigenvalue weighted by Crippen LogP contribution is -2.42. The zero-order valence-electron chi connectivity index (χ0n) is 11.0. The molecule has 2 fully saturated rings. The van der Waals surface area contributed by atoms with Gasteiger partial charge in [-0.1, -0.05) is 6.92 Å². The van der Waals surface area contributed by atoms with Crippen molar-refractivity contribution in [2.24, 2.45) is 11.3 Å². The Morgan fingerprint density at radius 1 is 1.31 bits per heavy atom. The standard InChI is InChI=1S/C14H24O2/c1-13(2,3)16-12-6-5-10-9-11(15)7-8-14(10,12)4/h10,12H,5-9H2,1-4H3/t10-,12-,14-/m1/s1. The van der Waals surface area contributed by atoms with Crippen LogP contribution < -0.4 is 0 Å². The number of hydrogen-bond donors (Lipinski definition) is 0. The zero-order chi connectivity index (χ0) is 12.0. The van der Waals surface area contributed by atoms with E-state index in [-0.39, 0.29) is 11.0 Å². The summed E-state index contributed by atoms with van der Waals surface area (Å²) < 4.78 is 6.20. The number of carbonyl (C=O) groups excluding carboxylic acids is 1. The molecule has 2 rings (SSSR count). The summed E-state index contributed by atoms with van der Waals surface area (Å²) in [6.07, 6.45) is 5.23. The molecule has 2 heteroatoms. The SMILES string of the molecule is CC(C)(C)O[C@@H]1CC[C@@H]2CC(=O)CC[C@]21C. The predicted molar refractivity (Wildman–Crippen MR) is 64.3 cm³/mol. The van der Waals surface area contributed by atoms with Crippen molar-refractivity contribution in [3.8, 4) is 0 Å². The highest BCUT2D eigenvalue weighted by molar-refractivity contribution is 5.79. The quantitative estimate of drug-likeness (QED) is 0.683. The topological polar surface area (TPSA) is 26.3 Å². The molecule has 0 aromatic rings. The molecule has 0 unspecified atom stereocenters. The maximum atomic E-state index is 11.5. The molecule has 0 bridgehead atoms. The first-order valence-corrected chi connectivity index (χ1v) is 6.51. The molecule has 0 heterocycles. The van der Waals surface area contributed by atoms with Gasteiger partial charge in [-0.05, 0) is 51.4 Å². The molecule has 2 aliphatic rings. The maximum Gasteiger partial charge on any atom is 0.133 e. The third-order valence-electron chi connectivity index (χ3n) is 4.36. The van der Waals surface area contributed by atoms with E-state index in [4.69, 9.17) is 4.74 Å². The van der Waals surface area contributed by atoms with Gasteiger partial charge in [0.2, 0.25) is 0 Å². The van der Waals surface area contributed by atoms with E-state index < -0.39 is 0 Å². The van der Waals surface area contributed by atoms with Crippen LogP contribution in [0, 0.1) is 11.3 Å². The van der Waals surface area contributed by atoms with E-state index >= 15 is 0 Å². The Morgan fingerprint density at radius 2 is 2.00 bits per heavy atom. The van der Waals surface area contributed by atoms with Gasteiger partial charge in [0.15, 0.2) is 0 Å². The van der Waals surface area contributed by atoms with Crippen LogP contribution in [0.2, 0.25) is 0 Å². The average molecular weight is 224 g/mol. The van der Waals surface area contributed by atoms with Gasteiger partial charge in [-0.25, -0.2) is 0 Å². The van der Waals surface area contributed by atoms with Gasteiger partial charge in [-0.15, -0.1) is 0 Å². The first kappa shape index (κ1) is 12.1. The van der Waals surface area contributed by atoms with Crippen molar-refractivity contribution >= 4 is 5.78 Å². The summed E-state index contributed by atoms with van der Waals surface area (Å²) in [7, 11) is 0. The molecule has 0 aromatic carbocycles. The molecule has 2 aliphatic carbocycles. The van der Waals surface area contributed by atoms with Gasteiger partial charge >= 0.3 is 0 Å². The lowest BCUT2D eigenvalue weighted by molar-refractivity contribution is -0.135. The summed E-state index contributed by atoms with van der Waals surface area (Å²) in [5.74, 6) is 1.03. The number of hydrogen-bond acceptors (Lipinski definition) is 2. The normalized spacial score (nSPS) is 39.9. The van der Waals surface area contributed by atoms with Crippen LogP contribution in [0.25, 0.3) is 0 Å². The number of rotatable bonds is 1. The third-order valence-corrected chi connectivity index (χ3v) is 4.36. The first-order chi connectivity index (χ1) is 7.31. The van der Waals surface area contributed by atoms with E-state index in [1.807, 2.05) is 0 Å². The summed E-state index contributed by atoms with van der Waals surface area (Å²) in [6.45, 7) is 8.69. The van der Waals surface area contributed by atoms with E-state index in [9.17, 15) is 4.79 Å². The second-order valence-electron chi connectivity index (χ2n) is 6.74. The highest BCUT2D eigenvalue weighted by atomic mass is 16.5. The Bertz CT molecular complexity index is 290.